The van der Waals surface area contributed by atoms with Crippen molar-refractivity contribution in [2.45, 2.75) is 59.5 Å². The van der Waals surface area contributed by atoms with Crippen LogP contribution in [0.15, 0.2) is 0 Å². The second-order valence-electron chi connectivity index (χ2n) is 6.96. The number of carboxylic acid groups (broad SMARTS) is 1. The van der Waals surface area contributed by atoms with Crippen molar-refractivity contribution < 1.29 is 14.7 Å². The van der Waals surface area contributed by atoms with Crippen molar-refractivity contribution in [2.24, 2.45) is 28.9 Å². The summed E-state index contributed by atoms with van der Waals surface area (Å²) < 4.78 is 0. The van der Waals surface area contributed by atoms with Crippen molar-refractivity contribution in [1.29, 1.82) is 0 Å². The van der Waals surface area contributed by atoms with Gasteiger partial charge in [0.2, 0.25) is 5.91 Å². The topological polar surface area (TPSA) is 92.4 Å². The fourth-order valence-electron chi connectivity index (χ4n) is 3.02. The maximum atomic E-state index is 12.1. The number of hydrogen-bond acceptors (Lipinski definition) is 3. The second-order valence-corrected chi connectivity index (χ2v) is 6.96. The number of hydrogen-bond donors (Lipinski definition) is 3. The van der Waals surface area contributed by atoms with Crippen molar-refractivity contribution in [3.05, 3.63) is 0 Å². The van der Waals surface area contributed by atoms with Crippen LogP contribution >= 0.6 is 0 Å². The predicted molar refractivity (Wildman–Crippen MR) is 78.0 cm³/mol. The second kappa shape index (κ2) is 6.12. The predicted octanol–water partition coefficient (Wildman–Crippen LogP) is 1.61. The number of carbonyl (C=O) groups is 2. The molecule has 0 aromatic carbocycles. The van der Waals surface area contributed by atoms with E-state index in [1.54, 1.807) is 0 Å². The summed E-state index contributed by atoms with van der Waals surface area (Å²) in [6.45, 7) is 9.78. The molecule has 20 heavy (non-hydrogen) atoms. The summed E-state index contributed by atoms with van der Waals surface area (Å²) >= 11 is 0. The molecule has 1 amide bonds. The summed E-state index contributed by atoms with van der Waals surface area (Å²) in [7, 11) is 0. The van der Waals surface area contributed by atoms with Crippen molar-refractivity contribution in [1.82, 2.24) is 5.32 Å². The first kappa shape index (κ1) is 17.0. The van der Waals surface area contributed by atoms with E-state index in [0.29, 0.717) is 12.8 Å². The number of nitrogens with two attached hydrogens (primary N) is 1. The number of carboxylic acids is 1. The summed E-state index contributed by atoms with van der Waals surface area (Å²) in [4.78, 5) is 23.4. The first-order valence-electron chi connectivity index (χ1n) is 7.37. The van der Waals surface area contributed by atoms with Gasteiger partial charge in [-0.2, -0.15) is 0 Å². The molecule has 5 heteroatoms. The van der Waals surface area contributed by atoms with E-state index in [1.807, 2.05) is 34.6 Å². The lowest BCUT2D eigenvalue weighted by Crippen LogP contribution is -2.55. The van der Waals surface area contributed by atoms with Gasteiger partial charge in [-0.25, -0.2) is 0 Å². The van der Waals surface area contributed by atoms with Crippen LogP contribution in [-0.2, 0) is 9.59 Å². The van der Waals surface area contributed by atoms with E-state index in [2.05, 4.69) is 5.32 Å². The van der Waals surface area contributed by atoms with Crippen LogP contribution in [0.25, 0.3) is 0 Å². The van der Waals surface area contributed by atoms with Crippen LogP contribution < -0.4 is 11.1 Å². The molecule has 0 saturated heterocycles. The fraction of sp³-hybridized carbons (Fsp3) is 0.867. The Morgan fingerprint density at radius 3 is 2.30 bits per heavy atom. The van der Waals surface area contributed by atoms with Crippen molar-refractivity contribution in [2.75, 3.05) is 0 Å². The van der Waals surface area contributed by atoms with Gasteiger partial charge in [-0.3, -0.25) is 9.59 Å². The zero-order valence-corrected chi connectivity index (χ0v) is 13.1. The summed E-state index contributed by atoms with van der Waals surface area (Å²) in [5.41, 5.74) is 5.52. The Kier molecular flexibility index (Phi) is 5.19. The SMILES string of the molecule is CC(C)C(N)C(=O)NC1CCC(C(=O)O)C(C)(C)C1C. The summed E-state index contributed by atoms with van der Waals surface area (Å²) in [6.07, 6.45) is 1.28. The Morgan fingerprint density at radius 2 is 1.85 bits per heavy atom. The van der Waals surface area contributed by atoms with E-state index < -0.39 is 12.0 Å². The first-order valence-corrected chi connectivity index (χ1v) is 7.37. The Morgan fingerprint density at radius 1 is 1.30 bits per heavy atom. The Bertz CT molecular complexity index is 379. The lowest BCUT2D eigenvalue weighted by Gasteiger charge is -2.46. The molecule has 1 fully saturated rings. The molecule has 1 aliphatic carbocycles. The van der Waals surface area contributed by atoms with Gasteiger partial charge in [-0.05, 0) is 30.1 Å². The smallest absolute Gasteiger partial charge is 0.307 e. The van der Waals surface area contributed by atoms with Gasteiger partial charge in [-0.1, -0.05) is 34.6 Å². The number of rotatable bonds is 4. The third-order valence-corrected chi connectivity index (χ3v) is 5.09. The molecular formula is C15H28N2O3. The highest BCUT2D eigenvalue weighted by molar-refractivity contribution is 5.82. The highest BCUT2D eigenvalue weighted by Gasteiger charge is 2.46. The van der Waals surface area contributed by atoms with Crippen LogP contribution in [-0.4, -0.2) is 29.1 Å². The van der Waals surface area contributed by atoms with Gasteiger partial charge in [0.05, 0.1) is 12.0 Å². The van der Waals surface area contributed by atoms with E-state index in [1.165, 1.54) is 0 Å². The van der Waals surface area contributed by atoms with Crippen LogP contribution in [0.4, 0.5) is 0 Å². The average molecular weight is 284 g/mol. The van der Waals surface area contributed by atoms with E-state index >= 15 is 0 Å². The van der Waals surface area contributed by atoms with Crippen molar-refractivity contribution >= 4 is 11.9 Å². The standard InChI is InChI=1S/C15H28N2O3/c1-8(2)12(16)13(18)17-11-7-6-10(14(19)20)15(4,5)9(11)3/h8-12H,6-7,16H2,1-5H3,(H,17,18)(H,19,20). The van der Waals surface area contributed by atoms with Crippen LogP contribution in [0.5, 0.6) is 0 Å². The first-order chi connectivity index (χ1) is 9.09. The largest absolute Gasteiger partial charge is 0.481 e. The molecule has 0 bridgehead atoms. The Hall–Kier alpha value is -1.10. The van der Waals surface area contributed by atoms with Gasteiger partial charge in [0, 0.05) is 6.04 Å². The van der Waals surface area contributed by atoms with Gasteiger partial charge >= 0.3 is 5.97 Å². The van der Waals surface area contributed by atoms with Crippen LogP contribution in [0.1, 0.15) is 47.5 Å². The quantitative estimate of drug-likeness (QED) is 0.731. The molecule has 5 nitrogen and oxygen atoms in total. The third-order valence-electron chi connectivity index (χ3n) is 5.09. The molecule has 1 saturated carbocycles. The van der Waals surface area contributed by atoms with Crippen LogP contribution in [0, 0.1) is 23.2 Å². The van der Waals surface area contributed by atoms with Gasteiger partial charge in [0.1, 0.15) is 0 Å². The minimum absolute atomic E-state index is 0.00194. The number of carbonyl (C=O) groups excluding carboxylic acids is 1. The molecule has 0 aromatic heterocycles. The molecule has 0 aliphatic heterocycles. The van der Waals surface area contributed by atoms with E-state index in [0.717, 1.165) is 0 Å². The van der Waals surface area contributed by atoms with E-state index in [9.17, 15) is 14.7 Å². The lowest BCUT2D eigenvalue weighted by atomic mass is 9.61. The number of aliphatic carboxylic acids is 1. The zero-order chi connectivity index (χ0) is 15.7. The van der Waals surface area contributed by atoms with Gasteiger partial charge < -0.3 is 16.2 Å². The molecule has 4 unspecified atom stereocenters. The van der Waals surface area contributed by atoms with E-state index in [4.69, 9.17) is 5.73 Å². The minimum Gasteiger partial charge on any atom is -0.481 e. The fourth-order valence-corrected chi connectivity index (χ4v) is 3.02. The Balaban J connectivity index is 2.76. The molecule has 4 atom stereocenters. The third kappa shape index (κ3) is 3.32. The minimum atomic E-state index is -0.745. The van der Waals surface area contributed by atoms with Gasteiger partial charge in [0.15, 0.2) is 0 Å². The summed E-state index contributed by atoms with van der Waals surface area (Å²) in [5.74, 6) is -1.05. The number of amides is 1. The van der Waals surface area contributed by atoms with Crippen molar-refractivity contribution in [3.8, 4) is 0 Å². The molecule has 0 aromatic rings. The molecule has 0 heterocycles. The zero-order valence-electron chi connectivity index (χ0n) is 13.1. The molecule has 0 radical (unpaired) electrons. The highest BCUT2D eigenvalue weighted by atomic mass is 16.4. The van der Waals surface area contributed by atoms with Gasteiger partial charge in [-0.15, -0.1) is 0 Å². The maximum Gasteiger partial charge on any atom is 0.307 e. The van der Waals surface area contributed by atoms with E-state index in [-0.39, 0.29) is 35.1 Å². The summed E-state index contributed by atoms with van der Waals surface area (Å²) in [5, 5.41) is 12.3. The van der Waals surface area contributed by atoms with Crippen LogP contribution in [0.2, 0.25) is 0 Å². The molecule has 4 N–H and O–H groups in total. The number of nitrogens with one attached hydrogen (secondary N) is 1. The van der Waals surface area contributed by atoms with Crippen LogP contribution in [0.3, 0.4) is 0 Å². The molecular weight excluding hydrogens is 256 g/mol. The average Bonchev–Trinajstić information content (AvgIpc) is 2.33. The lowest BCUT2D eigenvalue weighted by molar-refractivity contribution is -0.150. The Labute approximate surface area is 121 Å². The maximum absolute atomic E-state index is 12.1. The molecule has 116 valence electrons. The summed E-state index contributed by atoms with van der Waals surface area (Å²) in [6, 6.07) is -0.514. The molecule has 1 aliphatic rings. The van der Waals surface area contributed by atoms with Gasteiger partial charge in [0.25, 0.3) is 0 Å². The monoisotopic (exact) mass is 284 g/mol. The highest BCUT2D eigenvalue weighted by Crippen LogP contribution is 2.45. The normalized spacial score (nSPS) is 30.9. The molecule has 0 spiro atoms. The van der Waals surface area contributed by atoms with Crippen molar-refractivity contribution in [3.63, 3.8) is 0 Å². The molecule has 1 rings (SSSR count).